The minimum atomic E-state index is 0.00996. The molecular weight excluding hydrogens is 262 g/mol. The number of hydrogen-bond acceptors (Lipinski definition) is 4. The van der Waals surface area contributed by atoms with Crippen molar-refractivity contribution in [2.75, 3.05) is 40.8 Å². The summed E-state index contributed by atoms with van der Waals surface area (Å²) in [5, 5.41) is 0. The van der Waals surface area contributed by atoms with Gasteiger partial charge in [-0.2, -0.15) is 0 Å². The Hall–Kier alpha value is -1.10. The maximum Gasteiger partial charge on any atom is 0.123 e. The Morgan fingerprint density at radius 3 is 2.57 bits per heavy atom. The van der Waals surface area contributed by atoms with Crippen LogP contribution in [0.15, 0.2) is 18.2 Å². The average molecular weight is 291 g/mol. The molecule has 0 amide bonds. The van der Waals surface area contributed by atoms with Crippen LogP contribution in [-0.2, 0) is 0 Å². The minimum absolute atomic E-state index is 0.00996. The lowest BCUT2D eigenvalue weighted by atomic mass is 10.0. The molecule has 0 aromatic heterocycles. The van der Waals surface area contributed by atoms with E-state index < -0.39 is 0 Å². The fourth-order valence-electron chi connectivity index (χ4n) is 3.14. The normalized spacial score (nSPS) is 19.0. The molecule has 1 fully saturated rings. The van der Waals surface area contributed by atoms with E-state index in [1.165, 1.54) is 18.4 Å². The predicted octanol–water partition coefficient (Wildman–Crippen LogP) is 2.03. The maximum absolute atomic E-state index is 6.43. The minimum Gasteiger partial charge on any atom is -0.496 e. The van der Waals surface area contributed by atoms with E-state index >= 15 is 0 Å². The molecule has 1 heterocycles. The van der Waals surface area contributed by atoms with Gasteiger partial charge in [0.2, 0.25) is 0 Å². The molecular formula is C17H29N3O. The molecule has 1 aromatic rings. The van der Waals surface area contributed by atoms with Crippen molar-refractivity contribution in [1.29, 1.82) is 0 Å². The van der Waals surface area contributed by atoms with Gasteiger partial charge < -0.3 is 20.3 Å². The van der Waals surface area contributed by atoms with Crippen LogP contribution in [0.4, 0.5) is 0 Å². The predicted molar refractivity (Wildman–Crippen MR) is 87.8 cm³/mol. The van der Waals surface area contributed by atoms with E-state index in [0.717, 1.165) is 30.9 Å². The molecule has 1 atom stereocenters. The van der Waals surface area contributed by atoms with E-state index in [0.29, 0.717) is 6.04 Å². The van der Waals surface area contributed by atoms with Crippen LogP contribution in [0.3, 0.4) is 0 Å². The first-order valence-corrected chi connectivity index (χ1v) is 7.80. The van der Waals surface area contributed by atoms with Gasteiger partial charge in [0.15, 0.2) is 0 Å². The second-order valence-electron chi connectivity index (χ2n) is 6.35. The van der Waals surface area contributed by atoms with Gasteiger partial charge in [-0.05, 0) is 53.0 Å². The summed E-state index contributed by atoms with van der Waals surface area (Å²) in [5.74, 6) is 0.899. The summed E-state index contributed by atoms with van der Waals surface area (Å²) < 4.78 is 5.45. The molecule has 0 saturated carbocycles. The fraction of sp³-hybridized carbons (Fsp3) is 0.647. The van der Waals surface area contributed by atoms with Crippen LogP contribution in [0.2, 0.25) is 0 Å². The Morgan fingerprint density at radius 1 is 1.33 bits per heavy atom. The Bertz CT molecular complexity index is 453. The van der Waals surface area contributed by atoms with Gasteiger partial charge >= 0.3 is 0 Å². The molecule has 1 aliphatic heterocycles. The average Bonchev–Trinajstić information content (AvgIpc) is 2.47. The number of nitrogens with zero attached hydrogens (tertiary/aromatic N) is 2. The Morgan fingerprint density at radius 2 is 2.00 bits per heavy atom. The summed E-state index contributed by atoms with van der Waals surface area (Å²) >= 11 is 0. The highest BCUT2D eigenvalue weighted by Gasteiger charge is 2.23. The largest absolute Gasteiger partial charge is 0.496 e. The molecule has 21 heavy (non-hydrogen) atoms. The second kappa shape index (κ2) is 7.25. The number of methoxy groups -OCH3 is 1. The molecule has 0 spiro atoms. The lowest BCUT2D eigenvalue weighted by Gasteiger charge is -2.36. The lowest BCUT2D eigenvalue weighted by molar-refractivity contribution is 0.139. The molecule has 1 aromatic carbocycles. The standard InChI is InChI=1S/C17H29N3O/c1-13-5-6-17(21-4)15(11-13)16(18)12-20-9-7-14(8-10-20)19(2)3/h5-6,11,14,16H,7-10,12,18H2,1-4H3. The molecule has 4 nitrogen and oxygen atoms in total. The van der Waals surface area contributed by atoms with Gasteiger partial charge in [0, 0.05) is 24.2 Å². The zero-order valence-electron chi connectivity index (χ0n) is 13.8. The van der Waals surface area contributed by atoms with Crippen molar-refractivity contribution in [2.24, 2.45) is 5.73 Å². The van der Waals surface area contributed by atoms with Gasteiger partial charge in [-0.25, -0.2) is 0 Å². The summed E-state index contributed by atoms with van der Waals surface area (Å²) in [6, 6.07) is 6.96. The third-order valence-electron chi connectivity index (χ3n) is 4.53. The van der Waals surface area contributed by atoms with Gasteiger partial charge in [0.25, 0.3) is 0 Å². The first-order valence-electron chi connectivity index (χ1n) is 7.80. The second-order valence-corrected chi connectivity index (χ2v) is 6.35. The summed E-state index contributed by atoms with van der Waals surface area (Å²) in [6.07, 6.45) is 2.45. The van der Waals surface area contributed by atoms with Crippen LogP contribution in [0.5, 0.6) is 5.75 Å². The van der Waals surface area contributed by atoms with Gasteiger partial charge in [-0.1, -0.05) is 17.7 Å². The van der Waals surface area contributed by atoms with Crippen molar-refractivity contribution < 1.29 is 4.74 Å². The number of likely N-dealkylation sites (tertiary alicyclic amines) is 1. The van der Waals surface area contributed by atoms with Crippen molar-refractivity contribution in [3.8, 4) is 5.75 Å². The molecule has 2 rings (SSSR count). The van der Waals surface area contributed by atoms with E-state index in [2.05, 4.69) is 43.0 Å². The number of aryl methyl sites for hydroxylation is 1. The zero-order chi connectivity index (χ0) is 15.4. The molecule has 1 aliphatic rings. The highest BCUT2D eigenvalue weighted by atomic mass is 16.5. The van der Waals surface area contributed by atoms with Gasteiger partial charge in [0.1, 0.15) is 5.75 Å². The number of ether oxygens (including phenoxy) is 1. The van der Waals surface area contributed by atoms with Crippen LogP contribution in [0.1, 0.15) is 30.0 Å². The van der Waals surface area contributed by atoms with Crippen molar-refractivity contribution in [2.45, 2.75) is 31.8 Å². The molecule has 1 unspecified atom stereocenters. The first-order chi connectivity index (χ1) is 10.0. The first kappa shape index (κ1) is 16.3. The van der Waals surface area contributed by atoms with Crippen molar-refractivity contribution in [1.82, 2.24) is 9.80 Å². The molecule has 1 saturated heterocycles. The van der Waals surface area contributed by atoms with Crippen molar-refractivity contribution in [3.63, 3.8) is 0 Å². The Kier molecular flexibility index (Phi) is 5.62. The summed E-state index contributed by atoms with van der Waals surface area (Å²) in [6.45, 7) is 5.26. The number of rotatable bonds is 5. The van der Waals surface area contributed by atoms with Crippen LogP contribution in [-0.4, -0.2) is 56.7 Å². The Labute approximate surface area is 128 Å². The van der Waals surface area contributed by atoms with Gasteiger partial charge in [0.05, 0.1) is 7.11 Å². The van der Waals surface area contributed by atoms with E-state index in [1.54, 1.807) is 7.11 Å². The lowest BCUT2D eigenvalue weighted by Crippen LogP contribution is -2.44. The third kappa shape index (κ3) is 4.19. The third-order valence-corrected chi connectivity index (χ3v) is 4.53. The van der Waals surface area contributed by atoms with E-state index in [1.807, 2.05) is 6.07 Å². The van der Waals surface area contributed by atoms with Gasteiger partial charge in [-0.15, -0.1) is 0 Å². The smallest absolute Gasteiger partial charge is 0.123 e. The molecule has 0 bridgehead atoms. The number of nitrogens with two attached hydrogens (primary N) is 1. The molecule has 0 radical (unpaired) electrons. The number of benzene rings is 1. The molecule has 4 heteroatoms. The highest BCUT2D eigenvalue weighted by molar-refractivity contribution is 5.39. The van der Waals surface area contributed by atoms with Crippen LogP contribution < -0.4 is 10.5 Å². The van der Waals surface area contributed by atoms with Crippen molar-refractivity contribution in [3.05, 3.63) is 29.3 Å². The highest BCUT2D eigenvalue weighted by Crippen LogP contribution is 2.26. The number of piperidine rings is 1. The van der Waals surface area contributed by atoms with E-state index in [-0.39, 0.29) is 6.04 Å². The zero-order valence-corrected chi connectivity index (χ0v) is 13.8. The SMILES string of the molecule is COc1ccc(C)cc1C(N)CN1CCC(N(C)C)CC1. The van der Waals surface area contributed by atoms with E-state index in [9.17, 15) is 0 Å². The molecule has 0 aliphatic carbocycles. The van der Waals surface area contributed by atoms with Crippen LogP contribution in [0.25, 0.3) is 0 Å². The maximum atomic E-state index is 6.43. The van der Waals surface area contributed by atoms with E-state index in [4.69, 9.17) is 10.5 Å². The monoisotopic (exact) mass is 291 g/mol. The summed E-state index contributed by atoms with van der Waals surface area (Å²) in [5.41, 5.74) is 8.78. The van der Waals surface area contributed by atoms with Crippen LogP contribution >= 0.6 is 0 Å². The fourth-order valence-corrected chi connectivity index (χ4v) is 3.14. The quantitative estimate of drug-likeness (QED) is 0.901. The molecule has 2 N–H and O–H groups in total. The summed E-state index contributed by atoms with van der Waals surface area (Å²) in [7, 11) is 6.05. The van der Waals surface area contributed by atoms with Crippen molar-refractivity contribution >= 4 is 0 Å². The number of hydrogen-bond donors (Lipinski definition) is 1. The topological polar surface area (TPSA) is 41.7 Å². The molecule has 118 valence electrons. The van der Waals surface area contributed by atoms with Gasteiger partial charge in [-0.3, -0.25) is 0 Å². The summed E-state index contributed by atoms with van der Waals surface area (Å²) in [4.78, 5) is 4.81. The van der Waals surface area contributed by atoms with Crippen LogP contribution in [0, 0.1) is 6.92 Å². The Balaban J connectivity index is 1.96.